The number of nitrogens with zero attached hydrogens (tertiary/aromatic N) is 7. The molecule has 1 aromatic carbocycles. The molecular weight excluding hydrogens is 540 g/mol. The van der Waals surface area contributed by atoms with E-state index < -0.39 is 24.1 Å². The van der Waals surface area contributed by atoms with Gasteiger partial charge in [-0.15, -0.1) is 0 Å². The van der Waals surface area contributed by atoms with Crippen molar-refractivity contribution in [3.63, 3.8) is 0 Å². The number of aromatic nitrogens is 5. The van der Waals surface area contributed by atoms with Crippen LogP contribution in [-0.2, 0) is 18.4 Å². The molecule has 41 heavy (non-hydrogen) atoms. The average molecular weight is 568 g/mol. The number of halogens is 2. The largest absolute Gasteiger partial charge is 0.481 e. The third-order valence-electron chi connectivity index (χ3n) is 7.21. The Morgan fingerprint density at radius 3 is 2.61 bits per heavy atom. The number of nitrogen functional groups attached to an aromatic ring is 1. The molecule has 15 heteroatoms. The number of imidazole rings is 1. The number of rotatable bonds is 8. The standard InChI is InChI=1S/C26H27F2N9O4/c1-33-23-19-12-17(20-3-2-10-40-20)32-37(19)25(30)31-24(23)36(26(33)39)9-6-34-4-7-35(8-5-34)18-13-21(41-14-22(29)38)16(28)11-15(18)27/h2-3,10-13H,4-9,14H2,1H3,(H2,29,38)(H2,30,31). The summed E-state index contributed by atoms with van der Waals surface area (Å²) in [5.41, 5.74) is 13.5. The van der Waals surface area contributed by atoms with Gasteiger partial charge in [-0.25, -0.2) is 13.6 Å². The lowest BCUT2D eigenvalue weighted by molar-refractivity contribution is -0.120. The SMILES string of the molecule is Cn1c(=O)n(CCN2CCN(c3cc(OCC(N)=O)c(F)cc3F)CC2)c2nc(N)n3nc(-c4ccco4)cc3c21. The number of fused-ring (bicyclic) bond motifs is 3. The van der Waals surface area contributed by atoms with Crippen molar-refractivity contribution < 1.29 is 22.7 Å². The van der Waals surface area contributed by atoms with Crippen LogP contribution in [0.1, 0.15) is 0 Å². The zero-order valence-corrected chi connectivity index (χ0v) is 22.1. The van der Waals surface area contributed by atoms with E-state index in [0.29, 0.717) is 67.4 Å². The first-order chi connectivity index (χ1) is 19.7. The second-order valence-electron chi connectivity index (χ2n) is 9.76. The van der Waals surface area contributed by atoms with E-state index >= 15 is 0 Å². The average Bonchev–Trinajstić information content (AvgIpc) is 3.68. The number of amides is 1. The molecule has 5 heterocycles. The van der Waals surface area contributed by atoms with E-state index in [1.54, 1.807) is 41.0 Å². The maximum Gasteiger partial charge on any atom is 0.330 e. The zero-order chi connectivity index (χ0) is 28.8. The van der Waals surface area contributed by atoms with Crippen molar-refractivity contribution in [2.45, 2.75) is 6.54 Å². The summed E-state index contributed by atoms with van der Waals surface area (Å²) >= 11 is 0. The summed E-state index contributed by atoms with van der Waals surface area (Å²) < 4.78 is 43.8. The number of aryl methyl sites for hydroxylation is 1. The maximum absolute atomic E-state index is 14.6. The van der Waals surface area contributed by atoms with E-state index in [2.05, 4.69) is 15.0 Å². The maximum atomic E-state index is 14.6. The molecule has 0 atom stereocenters. The number of hydrogen-bond donors (Lipinski definition) is 2. The molecule has 214 valence electrons. The summed E-state index contributed by atoms with van der Waals surface area (Å²) in [6.45, 7) is 2.44. The normalized spacial score (nSPS) is 14.4. The van der Waals surface area contributed by atoms with Crippen LogP contribution in [0.25, 0.3) is 28.1 Å². The van der Waals surface area contributed by atoms with Gasteiger partial charge in [-0.3, -0.25) is 18.8 Å². The number of furan rings is 1. The Bertz CT molecular complexity index is 1820. The predicted molar refractivity (Wildman–Crippen MR) is 146 cm³/mol. The lowest BCUT2D eigenvalue weighted by atomic mass is 10.2. The van der Waals surface area contributed by atoms with Crippen LogP contribution in [0.2, 0.25) is 0 Å². The third-order valence-corrected chi connectivity index (χ3v) is 7.21. The molecule has 1 aliphatic heterocycles. The summed E-state index contributed by atoms with van der Waals surface area (Å²) in [6, 6.07) is 7.33. The first-order valence-corrected chi connectivity index (χ1v) is 12.9. The van der Waals surface area contributed by atoms with Gasteiger partial charge in [0.15, 0.2) is 29.6 Å². The summed E-state index contributed by atoms with van der Waals surface area (Å²) in [5.74, 6) is -1.94. The molecule has 0 bridgehead atoms. The van der Waals surface area contributed by atoms with E-state index in [0.717, 1.165) is 6.07 Å². The molecule has 1 saturated heterocycles. The van der Waals surface area contributed by atoms with Crippen molar-refractivity contribution in [3.8, 4) is 17.2 Å². The molecule has 0 unspecified atom stereocenters. The molecule has 6 rings (SSSR count). The van der Waals surface area contributed by atoms with Crippen LogP contribution < -0.4 is 26.8 Å². The van der Waals surface area contributed by atoms with Gasteiger partial charge < -0.3 is 25.5 Å². The van der Waals surface area contributed by atoms with Gasteiger partial charge in [-0.1, -0.05) is 0 Å². The Morgan fingerprint density at radius 1 is 1.12 bits per heavy atom. The highest BCUT2D eigenvalue weighted by Gasteiger charge is 2.24. The molecule has 0 spiro atoms. The van der Waals surface area contributed by atoms with E-state index in [4.69, 9.17) is 20.6 Å². The zero-order valence-electron chi connectivity index (χ0n) is 22.1. The molecule has 4 aromatic heterocycles. The fourth-order valence-electron chi connectivity index (χ4n) is 5.15. The first kappa shape index (κ1) is 26.3. The number of primary amides is 1. The summed E-state index contributed by atoms with van der Waals surface area (Å²) in [6.07, 6.45) is 1.55. The van der Waals surface area contributed by atoms with E-state index in [-0.39, 0.29) is 23.1 Å². The minimum Gasteiger partial charge on any atom is -0.481 e. The quantitative estimate of drug-likeness (QED) is 0.281. The minimum absolute atomic E-state index is 0.138. The van der Waals surface area contributed by atoms with Gasteiger partial charge in [0.05, 0.1) is 17.5 Å². The topological polar surface area (TPSA) is 155 Å². The van der Waals surface area contributed by atoms with Crippen LogP contribution in [0.5, 0.6) is 5.75 Å². The van der Waals surface area contributed by atoms with Crippen LogP contribution in [0.4, 0.5) is 20.4 Å². The number of carbonyl (C=O) groups is 1. The van der Waals surface area contributed by atoms with Crippen molar-refractivity contribution in [1.82, 2.24) is 28.6 Å². The van der Waals surface area contributed by atoms with Crippen LogP contribution in [0, 0.1) is 11.6 Å². The van der Waals surface area contributed by atoms with Crippen molar-refractivity contribution in [1.29, 1.82) is 0 Å². The van der Waals surface area contributed by atoms with Crippen LogP contribution in [0.3, 0.4) is 0 Å². The summed E-state index contributed by atoms with van der Waals surface area (Å²) in [7, 11) is 1.68. The van der Waals surface area contributed by atoms with Gasteiger partial charge in [0, 0.05) is 58.4 Å². The number of hydrogen-bond acceptors (Lipinski definition) is 9. The number of nitrogens with two attached hydrogens (primary N) is 2. The van der Waals surface area contributed by atoms with Crippen LogP contribution in [0.15, 0.2) is 45.8 Å². The van der Waals surface area contributed by atoms with Crippen LogP contribution >= 0.6 is 0 Å². The Morgan fingerprint density at radius 2 is 1.90 bits per heavy atom. The summed E-state index contributed by atoms with van der Waals surface area (Å²) in [4.78, 5) is 32.7. The number of benzene rings is 1. The third kappa shape index (κ3) is 4.73. The Labute approximate surface area is 231 Å². The molecule has 1 amide bonds. The molecule has 13 nitrogen and oxygen atoms in total. The van der Waals surface area contributed by atoms with Gasteiger partial charge in [-0.2, -0.15) is 14.6 Å². The van der Waals surface area contributed by atoms with Crippen molar-refractivity contribution in [2.24, 2.45) is 12.8 Å². The first-order valence-electron chi connectivity index (χ1n) is 12.9. The molecular formula is C26H27F2N9O4. The summed E-state index contributed by atoms with van der Waals surface area (Å²) in [5, 5.41) is 4.49. The second kappa shape index (κ2) is 10.2. The smallest absolute Gasteiger partial charge is 0.330 e. The van der Waals surface area contributed by atoms with Gasteiger partial charge in [0.2, 0.25) is 5.95 Å². The van der Waals surface area contributed by atoms with Crippen molar-refractivity contribution >= 4 is 34.2 Å². The predicted octanol–water partition coefficient (Wildman–Crippen LogP) is 1.19. The highest BCUT2D eigenvalue weighted by molar-refractivity contribution is 5.91. The lowest BCUT2D eigenvalue weighted by Gasteiger charge is -2.36. The number of piperazine rings is 1. The van der Waals surface area contributed by atoms with Gasteiger partial charge in [0.1, 0.15) is 17.0 Å². The number of ether oxygens (including phenoxy) is 1. The molecule has 0 radical (unpaired) electrons. The molecule has 1 aliphatic rings. The van der Waals surface area contributed by atoms with Gasteiger partial charge >= 0.3 is 5.69 Å². The van der Waals surface area contributed by atoms with Gasteiger partial charge in [0.25, 0.3) is 5.91 Å². The molecule has 4 N–H and O–H groups in total. The molecule has 0 saturated carbocycles. The highest BCUT2D eigenvalue weighted by Crippen LogP contribution is 2.29. The monoisotopic (exact) mass is 567 g/mol. The highest BCUT2D eigenvalue weighted by atomic mass is 19.1. The van der Waals surface area contributed by atoms with E-state index in [9.17, 15) is 18.4 Å². The Hall–Kier alpha value is -4.92. The Balaban J connectivity index is 1.18. The van der Waals surface area contributed by atoms with Gasteiger partial charge in [-0.05, 0) is 18.2 Å². The van der Waals surface area contributed by atoms with Crippen molar-refractivity contribution in [2.75, 3.05) is 50.0 Å². The fraction of sp³-hybridized carbons (Fsp3) is 0.308. The minimum atomic E-state index is -0.911. The van der Waals surface area contributed by atoms with E-state index in [1.807, 2.05) is 0 Å². The lowest BCUT2D eigenvalue weighted by Crippen LogP contribution is -2.47. The second-order valence-corrected chi connectivity index (χ2v) is 9.76. The van der Waals surface area contributed by atoms with E-state index in [1.165, 1.54) is 15.1 Å². The molecule has 0 aliphatic carbocycles. The molecule has 1 fully saturated rings. The number of carbonyl (C=O) groups excluding carboxylic acids is 1. The van der Waals surface area contributed by atoms with Crippen molar-refractivity contribution in [3.05, 3.63) is 58.7 Å². The Kier molecular flexibility index (Phi) is 6.57. The molecule has 5 aromatic rings. The fourth-order valence-corrected chi connectivity index (χ4v) is 5.15. The number of anilines is 2. The van der Waals surface area contributed by atoms with Crippen LogP contribution in [-0.4, -0.2) is 73.9 Å².